The monoisotopic (exact) mass is 315 g/mol. The second-order valence-electron chi connectivity index (χ2n) is 7.37. The van der Waals surface area contributed by atoms with Crippen LogP contribution < -0.4 is 0 Å². The maximum absolute atomic E-state index is 12.4. The lowest BCUT2D eigenvalue weighted by Gasteiger charge is -2.36. The van der Waals surface area contributed by atoms with E-state index in [4.69, 9.17) is 4.74 Å². The first kappa shape index (κ1) is 17.6. The molecule has 0 bridgehead atoms. The van der Waals surface area contributed by atoms with Crippen LogP contribution in [0.2, 0.25) is 0 Å². The van der Waals surface area contributed by atoms with E-state index in [0.29, 0.717) is 0 Å². The molecule has 1 amide bonds. The van der Waals surface area contributed by atoms with Gasteiger partial charge in [-0.15, -0.1) is 0 Å². The van der Waals surface area contributed by atoms with Crippen molar-refractivity contribution >= 4 is 12.2 Å². The van der Waals surface area contributed by atoms with Gasteiger partial charge in [-0.05, 0) is 58.9 Å². The first-order valence-electron chi connectivity index (χ1n) is 8.58. The highest BCUT2D eigenvalue weighted by molar-refractivity contribution is 5.68. The smallest absolute Gasteiger partial charge is 0.410 e. The summed E-state index contributed by atoms with van der Waals surface area (Å²) in [5, 5.41) is 0. The normalized spacial score (nSPS) is 19.1. The molecule has 0 aliphatic carbocycles. The van der Waals surface area contributed by atoms with Crippen molar-refractivity contribution in [2.24, 2.45) is 0 Å². The third-order valence-electron chi connectivity index (χ3n) is 4.05. The van der Waals surface area contributed by atoms with Crippen LogP contribution in [-0.4, -0.2) is 29.2 Å². The molecule has 23 heavy (non-hydrogen) atoms. The van der Waals surface area contributed by atoms with Crippen LogP contribution >= 0.6 is 0 Å². The molecule has 1 heterocycles. The number of hydrogen-bond donors (Lipinski definition) is 0. The highest BCUT2D eigenvalue weighted by atomic mass is 16.6. The van der Waals surface area contributed by atoms with Crippen molar-refractivity contribution in [1.82, 2.24) is 4.90 Å². The van der Waals surface area contributed by atoms with Crippen LogP contribution in [0.3, 0.4) is 0 Å². The van der Waals surface area contributed by atoms with Crippen molar-refractivity contribution in [2.75, 3.05) is 6.54 Å². The van der Waals surface area contributed by atoms with E-state index in [1.165, 1.54) is 17.5 Å². The first-order chi connectivity index (χ1) is 10.8. The summed E-state index contributed by atoms with van der Waals surface area (Å²) in [7, 11) is 0. The Balaban J connectivity index is 1.95. The minimum Gasteiger partial charge on any atom is -0.444 e. The Bertz CT molecular complexity index is 540. The van der Waals surface area contributed by atoms with Crippen LogP contribution in [0, 0.1) is 6.92 Å². The number of benzene rings is 1. The number of nitrogens with zero attached hydrogens (tertiary/aromatic N) is 1. The maximum atomic E-state index is 12.4. The fourth-order valence-corrected chi connectivity index (χ4v) is 2.85. The summed E-state index contributed by atoms with van der Waals surface area (Å²) < 4.78 is 5.55. The molecule has 1 atom stereocenters. The van der Waals surface area contributed by atoms with Crippen LogP contribution in [0.15, 0.2) is 30.3 Å². The zero-order valence-corrected chi connectivity index (χ0v) is 14.8. The van der Waals surface area contributed by atoms with E-state index in [1.807, 2.05) is 25.7 Å². The van der Waals surface area contributed by atoms with Crippen molar-refractivity contribution in [3.8, 4) is 0 Å². The molecule has 0 spiro atoms. The Morgan fingerprint density at radius 3 is 2.61 bits per heavy atom. The van der Waals surface area contributed by atoms with Gasteiger partial charge in [-0.2, -0.15) is 0 Å². The molecule has 1 fully saturated rings. The van der Waals surface area contributed by atoms with Gasteiger partial charge in [-0.1, -0.05) is 42.0 Å². The largest absolute Gasteiger partial charge is 0.444 e. The predicted molar refractivity (Wildman–Crippen MR) is 95.4 cm³/mol. The summed E-state index contributed by atoms with van der Waals surface area (Å²) in [6.45, 7) is 8.65. The van der Waals surface area contributed by atoms with Gasteiger partial charge in [0, 0.05) is 12.6 Å². The number of carbonyl (C=O) groups is 1. The van der Waals surface area contributed by atoms with Gasteiger partial charge < -0.3 is 9.64 Å². The SMILES string of the molecule is Cc1ccc(C=CCC2CCCCN2C(=O)OC(C)(C)C)cc1. The summed E-state index contributed by atoms with van der Waals surface area (Å²) in [5.74, 6) is 0. The molecule has 1 aliphatic rings. The molecule has 0 saturated carbocycles. The zero-order chi connectivity index (χ0) is 16.9. The Labute approximate surface area is 140 Å². The van der Waals surface area contributed by atoms with Crippen LogP contribution in [-0.2, 0) is 4.74 Å². The van der Waals surface area contributed by atoms with Crippen molar-refractivity contribution < 1.29 is 9.53 Å². The summed E-state index contributed by atoms with van der Waals surface area (Å²) in [4.78, 5) is 14.3. The molecular weight excluding hydrogens is 286 g/mol. The van der Waals surface area contributed by atoms with E-state index in [0.717, 1.165) is 25.8 Å². The molecule has 1 aromatic carbocycles. The third kappa shape index (κ3) is 5.74. The summed E-state index contributed by atoms with van der Waals surface area (Å²) in [6, 6.07) is 8.73. The number of hydrogen-bond acceptors (Lipinski definition) is 2. The minimum atomic E-state index is -0.434. The highest BCUT2D eigenvalue weighted by Gasteiger charge is 2.29. The molecule has 0 aromatic heterocycles. The maximum Gasteiger partial charge on any atom is 0.410 e. The molecule has 1 saturated heterocycles. The van der Waals surface area contributed by atoms with Gasteiger partial charge in [-0.25, -0.2) is 4.79 Å². The van der Waals surface area contributed by atoms with Crippen molar-refractivity contribution in [3.63, 3.8) is 0 Å². The first-order valence-corrected chi connectivity index (χ1v) is 8.58. The van der Waals surface area contributed by atoms with Gasteiger partial charge in [0.1, 0.15) is 5.60 Å². The van der Waals surface area contributed by atoms with E-state index < -0.39 is 5.60 Å². The van der Waals surface area contributed by atoms with E-state index in [1.54, 1.807) is 0 Å². The number of piperidine rings is 1. The predicted octanol–water partition coefficient (Wildman–Crippen LogP) is 5.19. The van der Waals surface area contributed by atoms with Crippen LogP contribution in [0.5, 0.6) is 0 Å². The van der Waals surface area contributed by atoms with Gasteiger partial charge in [0.15, 0.2) is 0 Å². The van der Waals surface area contributed by atoms with E-state index in [2.05, 4.69) is 43.3 Å². The van der Waals surface area contributed by atoms with Crippen molar-refractivity contribution in [3.05, 3.63) is 41.5 Å². The molecular formula is C20H29NO2. The van der Waals surface area contributed by atoms with Gasteiger partial charge in [0.05, 0.1) is 0 Å². The van der Waals surface area contributed by atoms with Crippen LogP contribution in [0.25, 0.3) is 6.08 Å². The molecule has 1 aromatic rings. The van der Waals surface area contributed by atoms with Gasteiger partial charge in [0.25, 0.3) is 0 Å². The fourth-order valence-electron chi connectivity index (χ4n) is 2.85. The average Bonchev–Trinajstić information content (AvgIpc) is 2.48. The molecule has 1 aliphatic heterocycles. The van der Waals surface area contributed by atoms with Gasteiger partial charge in [0.2, 0.25) is 0 Å². The van der Waals surface area contributed by atoms with Gasteiger partial charge >= 0.3 is 6.09 Å². The highest BCUT2D eigenvalue weighted by Crippen LogP contribution is 2.23. The van der Waals surface area contributed by atoms with E-state index >= 15 is 0 Å². The van der Waals surface area contributed by atoms with Crippen LogP contribution in [0.4, 0.5) is 4.79 Å². The third-order valence-corrected chi connectivity index (χ3v) is 4.05. The zero-order valence-electron chi connectivity index (χ0n) is 14.8. The number of likely N-dealkylation sites (tertiary alicyclic amines) is 1. The Kier molecular flexibility index (Phi) is 5.86. The molecule has 3 nitrogen and oxygen atoms in total. The van der Waals surface area contributed by atoms with Crippen molar-refractivity contribution in [1.29, 1.82) is 0 Å². The Morgan fingerprint density at radius 2 is 1.96 bits per heavy atom. The number of ether oxygens (including phenoxy) is 1. The van der Waals surface area contributed by atoms with Gasteiger partial charge in [-0.3, -0.25) is 0 Å². The summed E-state index contributed by atoms with van der Waals surface area (Å²) in [5.41, 5.74) is 2.04. The van der Waals surface area contributed by atoms with Crippen molar-refractivity contribution in [2.45, 2.75) is 65.0 Å². The average molecular weight is 315 g/mol. The number of rotatable bonds is 3. The number of carbonyl (C=O) groups excluding carboxylic acids is 1. The second-order valence-corrected chi connectivity index (χ2v) is 7.37. The second kappa shape index (κ2) is 7.67. The Hall–Kier alpha value is -1.77. The lowest BCUT2D eigenvalue weighted by atomic mass is 9.99. The standard InChI is InChI=1S/C20H29NO2/c1-16-11-13-17(14-12-16)8-7-10-18-9-5-6-15-21(18)19(22)23-20(2,3)4/h7-8,11-14,18H,5-6,9-10,15H2,1-4H3. The summed E-state index contributed by atoms with van der Waals surface area (Å²) in [6.07, 6.45) is 8.33. The molecule has 1 unspecified atom stereocenters. The Morgan fingerprint density at radius 1 is 1.26 bits per heavy atom. The lowest BCUT2D eigenvalue weighted by molar-refractivity contribution is 0.0103. The lowest BCUT2D eigenvalue weighted by Crippen LogP contribution is -2.45. The quantitative estimate of drug-likeness (QED) is 0.768. The molecule has 2 rings (SSSR count). The van der Waals surface area contributed by atoms with E-state index in [-0.39, 0.29) is 12.1 Å². The van der Waals surface area contributed by atoms with E-state index in [9.17, 15) is 4.79 Å². The molecule has 3 heteroatoms. The fraction of sp³-hybridized carbons (Fsp3) is 0.550. The topological polar surface area (TPSA) is 29.5 Å². The number of aryl methyl sites for hydroxylation is 1. The molecule has 0 radical (unpaired) electrons. The molecule has 0 N–H and O–H groups in total. The molecule has 126 valence electrons. The summed E-state index contributed by atoms with van der Waals surface area (Å²) >= 11 is 0. The number of amides is 1. The minimum absolute atomic E-state index is 0.175. The van der Waals surface area contributed by atoms with Crippen LogP contribution in [0.1, 0.15) is 57.6 Å².